The van der Waals surface area contributed by atoms with Gasteiger partial charge >= 0.3 is 0 Å². The van der Waals surface area contributed by atoms with Crippen molar-refractivity contribution in [3.05, 3.63) is 0 Å². The lowest BCUT2D eigenvalue weighted by Crippen LogP contribution is -2.28. The van der Waals surface area contributed by atoms with E-state index in [0.29, 0.717) is 5.41 Å². The summed E-state index contributed by atoms with van der Waals surface area (Å²) in [6.45, 7) is 13.7. The van der Waals surface area contributed by atoms with E-state index in [4.69, 9.17) is 0 Å². The second kappa shape index (κ2) is 11.5. The summed E-state index contributed by atoms with van der Waals surface area (Å²) < 4.78 is 0. The maximum absolute atomic E-state index is 2.74. The van der Waals surface area contributed by atoms with Gasteiger partial charge in [-0.1, -0.05) is 85.5 Å². The zero-order valence-corrected chi connectivity index (χ0v) is 16.1. The average molecular weight is 310 g/mol. The topological polar surface area (TPSA) is 3.24 Å². The molecule has 1 saturated heterocycles. The van der Waals surface area contributed by atoms with Gasteiger partial charge in [0.25, 0.3) is 0 Å². The smallest absolute Gasteiger partial charge is 0.000722 e. The number of hydrogen-bond donors (Lipinski definition) is 0. The van der Waals surface area contributed by atoms with Gasteiger partial charge < -0.3 is 4.90 Å². The molecule has 0 aromatic heterocycles. The van der Waals surface area contributed by atoms with Crippen LogP contribution in [0.2, 0.25) is 0 Å². The van der Waals surface area contributed by atoms with Crippen LogP contribution in [0.5, 0.6) is 0 Å². The van der Waals surface area contributed by atoms with E-state index in [2.05, 4.69) is 32.6 Å². The molecule has 0 spiro atoms. The molecular formula is C21H43N. The van der Waals surface area contributed by atoms with Crippen molar-refractivity contribution in [1.29, 1.82) is 0 Å². The predicted octanol–water partition coefficient (Wildman–Crippen LogP) is 6.67. The maximum atomic E-state index is 2.74. The van der Waals surface area contributed by atoms with E-state index in [1.807, 2.05) is 0 Å². The first-order chi connectivity index (χ1) is 10.5. The summed E-state index contributed by atoms with van der Waals surface area (Å²) in [5, 5.41) is 0. The van der Waals surface area contributed by atoms with Gasteiger partial charge in [-0.25, -0.2) is 0 Å². The zero-order chi connectivity index (χ0) is 16.3. The number of rotatable bonds is 11. The van der Waals surface area contributed by atoms with Gasteiger partial charge in [-0.05, 0) is 43.7 Å². The van der Waals surface area contributed by atoms with Crippen LogP contribution in [0.3, 0.4) is 0 Å². The van der Waals surface area contributed by atoms with Crippen molar-refractivity contribution in [2.75, 3.05) is 19.6 Å². The van der Waals surface area contributed by atoms with E-state index in [9.17, 15) is 0 Å². The van der Waals surface area contributed by atoms with Crippen LogP contribution in [0.1, 0.15) is 105 Å². The summed E-state index contributed by atoms with van der Waals surface area (Å²) in [5.41, 5.74) is 0.561. The summed E-state index contributed by atoms with van der Waals surface area (Å²) in [6.07, 6.45) is 17.3. The molecule has 1 aliphatic heterocycles. The fraction of sp³-hybridized carbons (Fsp3) is 1.00. The quantitative estimate of drug-likeness (QED) is 0.385. The third-order valence-electron chi connectivity index (χ3n) is 5.40. The van der Waals surface area contributed by atoms with Crippen molar-refractivity contribution in [1.82, 2.24) is 4.90 Å². The molecule has 0 radical (unpaired) electrons. The van der Waals surface area contributed by atoms with Crippen LogP contribution in [0.15, 0.2) is 0 Å². The Morgan fingerprint density at radius 3 is 2.00 bits per heavy atom. The number of likely N-dealkylation sites (tertiary alicyclic amines) is 1. The van der Waals surface area contributed by atoms with Gasteiger partial charge in [0.1, 0.15) is 0 Å². The second-order valence-electron chi connectivity index (χ2n) is 8.71. The molecule has 0 amide bonds. The molecule has 132 valence electrons. The van der Waals surface area contributed by atoms with Crippen LogP contribution in [-0.4, -0.2) is 24.5 Å². The van der Waals surface area contributed by atoms with Crippen molar-refractivity contribution in [2.45, 2.75) is 105 Å². The molecule has 0 N–H and O–H groups in total. The van der Waals surface area contributed by atoms with Gasteiger partial charge in [0.05, 0.1) is 0 Å². The van der Waals surface area contributed by atoms with Gasteiger partial charge in [-0.2, -0.15) is 0 Å². The molecule has 22 heavy (non-hydrogen) atoms. The normalized spacial score (nSPS) is 22.6. The monoisotopic (exact) mass is 309 g/mol. The molecule has 1 atom stereocenters. The van der Waals surface area contributed by atoms with Crippen molar-refractivity contribution in [3.63, 3.8) is 0 Å². The molecule has 1 aliphatic rings. The first kappa shape index (κ1) is 20.0. The average Bonchev–Trinajstić information content (AvgIpc) is 2.58. The molecule has 1 fully saturated rings. The van der Waals surface area contributed by atoms with Crippen LogP contribution in [0.25, 0.3) is 0 Å². The van der Waals surface area contributed by atoms with Crippen LogP contribution in [-0.2, 0) is 0 Å². The highest BCUT2D eigenvalue weighted by Gasteiger charge is 2.26. The van der Waals surface area contributed by atoms with Crippen LogP contribution in [0, 0.1) is 11.3 Å². The summed E-state index contributed by atoms with van der Waals surface area (Å²) in [7, 11) is 0. The Balaban J connectivity index is 1.96. The standard InChI is InChI=1S/C21H43N/c1-5-6-7-8-9-10-11-12-13-14-16-22-17-15-21(3,4)18-20(2)19-22/h20H,5-19H2,1-4H3. The number of hydrogen-bond acceptors (Lipinski definition) is 1. The first-order valence-electron chi connectivity index (χ1n) is 10.3. The van der Waals surface area contributed by atoms with Gasteiger partial charge in [0, 0.05) is 6.54 Å². The van der Waals surface area contributed by atoms with E-state index < -0.39 is 0 Å². The Bertz CT molecular complexity index is 259. The number of unbranched alkanes of at least 4 members (excludes halogenated alkanes) is 9. The maximum Gasteiger partial charge on any atom is 0.000722 e. The van der Waals surface area contributed by atoms with E-state index in [1.54, 1.807) is 0 Å². The highest BCUT2D eigenvalue weighted by atomic mass is 15.1. The molecule has 0 aromatic rings. The fourth-order valence-electron chi connectivity index (χ4n) is 4.13. The highest BCUT2D eigenvalue weighted by molar-refractivity contribution is 4.79. The lowest BCUT2D eigenvalue weighted by Gasteiger charge is -2.23. The van der Waals surface area contributed by atoms with Crippen LogP contribution in [0.4, 0.5) is 0 Å². The second-order valence-corrected chi connectivity index (χ2v) is 8.71. The van der Waals surface area contributed by atoms with Crippen molar-refractivity contribution < 1.29 is 0 Å². The van der Waals surface area contributed by atoms with E-state index in [1.165, 1.54) is 96.7 Å². The zero-order valence-electron chi connectivity index (χ0n) is 16.1. The van der Waals surface area contributed by atoms with Gasteiger partial charge in [-0.3, -0.25) is 0 Å². The molecule has 1 nitrogen and oxygen atoms in total. The Labute approximate surface area is 141 Å². The molecule has 1 heteroatoms. The van der Waals surface area contributed by atoms with Gasteiger partial charge in [0.15, 0.2) is 0 Å². The first-order valence-corrected chi connectivity index (χ1v) is 10.3. The van der Waals surface area contributed by atoms with Crippen LogP contribution >= 0.6 is 0 Å². The molecule has 0 aromatic carbocycles. The molecular weight excluding hydrogens is 266 g/mol. The lowest BCUT2D eigenvalue weighted by molar-refractivity contribution is 0.249. The molecule has 0 saturated carbocycles. The third kappa shape index (κ3) is 9.87. The fourth-order valence-corrected chi connectivity index (χ4v) is 4.13. The number of nitrogens with zero attached hydrogens (tertiary/aromatic N) is 1. The minimum absolute atomic E-state index is 0.561. The molecule has 1 rings (SSSR count). The SMILES string of the molecule is CCCCCCCCCCCCN1CCC(C)(C)CC(C)C1. The summed E-state index contributed by atoms with van der Waals surface area (Å²) in [5.74, 6) is 0.876. The Kier molecular flexibility index (Phi) is 10.4. The molecule has 1 unspecified atom stereocenters. The van der Waals surface area contributed by atoms with E-state index in [-0.39, 0.29) is 0 Å². The molecule has 0 aliphatic carbocycles. The Morgan fingerprint density at radius 2 is 1.41 bits per heavy atom. The van der Waals surface area contributed by atoms with Crippen molar-refractivity contribution >= 4 is 0 Å². The van der Waals surface area contributed by atoms with E-state index in [0.717, 1.165) is 5.92 Å². The van der Waals surface area contributed by atoms with Crippen molar-refractivity contribution in [2.24, 2.45) is 11.3 Å². The predicted molar refractivity (Wildman–Crippen MR) is 100 cm³/mol. The summed E-state index contributed by atoms with van der Waals surface area (Å²) >= 11 is 0. The van der Waals surface area contributed by atoms with Gasteiger partial charge in [-0.15, -0.1) is 0 Å². The largest absolute Gasteiger partial charge is 0.303 e. The van der Waals surface area contributed by atoms with E-state index >= 15 is 0 Å². The van der Waals surface area contributed by atoms with Gasteiger partial charge in [0.2, 0.25) is 0 Å². The summed E-state index contributed by atoms with van der Waals surface area (Å²) in [4.78, 5) is 2.74. The lowest BCUT2D eigenvalue weighted by atomic mass is 9.82. The third-order valence-corrected chi connectivity index (χ3v) is 5.40. The Hall–Kier alpha value is -0.0400. The summed E-state index contributed by atoms with van der Waals surface area (Å²) in [6, 6.07) is 0. The minimum atomic E-state index is 0.561. The van der Waals surface area contributed by atoms with Crippen molar-refractivity contribution in [3.8, 4) is 0 Å². The Morgan fingerprint density at radius 1 is 0.864 bits per heavy atom. The minimum Gasteiger partial charge on any atom is -0.303 e. The highest BCUT2D eigenvalue weighted by Crippen LogP contribution is 2.32. The molecule has 1 heterocycles. The van der Waals surface area contributed by atoms with Crippen LogP contribution < -0.4 is 0 Å². The molecule has 0 bridgehead atoms.